The first-order chi connectivity index (χ1) is 16.0. The molecule has 0 saturated heterocycles. The van der Waals surface area contributed by atoms with Gasteiger partial charge in [0.25, 0.3) is 5.91 Å². The molecule has 5 heteroatoms. The Morgan fingerprint density at radius 2 is 1.55 bits per heavy atom. The lowest BCUT2D eigenvalue weighted by Gasteiger charge is -2.15. The molecule has 1 amide bonds. The third-order valence-corrected chi connectivity index (χ3v) is 5.49. The van der Waals surface area contributed by atoms with Crippen molar-refractivity contribution in [3.63, 3.8) is 0 Å². The predicted molar refractivity (Wildman–Crippen MR) is 128 cm³/mol. The number of aryl methyl sites for hydroxylation is 1. The highest BCUT2D eigenvalue weighted by atomic mass is 16.5. The summed E-state index contributed by atoms with van der Waals surface area (Å²) < 4.78 is 5.91. The van der Waals surface area contributed by atoms with Crippen molar-refractivity contribution in [3.8, 4) is 5.75 Å². The van der Waals surface area contributed by atoms with Crippen molar-refractivity contribution in [3.05, 3.63) is 113 Å². The van der Waals surface area contributed by atoms with Gasteiger partial charge >= 0.3 is 5.97 Å². The van der Waals surface area contributed by atoms with Crippen molar-refractivity contribution >= 4 is 22.6 Å². The number of rotatable bonds is 8. The molecule has 0 aliphatic carbocycles. The minimum atomic E-state index is -1.07. The molecule has 2 N–H and O–H groups in total. The van der Waals surface area contributed by atoms with Crippen LogP contribution in [0.15, 0.2) is 91.0 Å². The van der Waals surface area contributed by atoms with Crippen LogP contribution in [0.3, 0.4) is 0 Å². The van der Waals surface area contributed by atoms with E-state index in [2.05, 4.69) is 17.4 Å². The summed E-state index contributed by atoms with van der Waals surface area (Å²) in [5, 5.41) is 14.0. The average molecular weight is 440 g/mol. The molecule has 0 bridgehead atoms. The summed E-state index contributed by atoms with van der Waals surface area (Å²) in [5.41, 5.74) is 3.56. The highest BCUT2D eigenvalue weighted by Crippen LogP contribution is 2.23. The van der Waals surface area contributed by atoms with E-state index in [0.717, 1.165) is 27.6 Å². The standard InChI is InChI=1S/C28H25NO4/c1-19-7-9-21(10-8-19)18-33-25-14-13-22-16-24(12-11-23(22)17-25)27(30)29-26(28(31)32)15-20-5-3-2-4-6-20/h2-14,16-17,26H,15,18H2,1H3,(H,29,30)(H,31,32). The van der Waals surface area contributed by atoms with Crippen LogP contribution in [0.4, 0.5) is 0 Å². The molecule has 5 nitrogen and oxygen atoms in total. The summed E-state index contributed by atoms with van der Waals surface area (Å²) in [6, 6.07) is 27.4. The maximum absolute atomic E-state index is 12.7. The number of nitrogens with one attached hydrogen (secondary N) is 1. The summed E-state index contributed by atoms with van der Waals surface area (Å²) in [6.45, 7) is 2.53. The molecule has 4 aromatic carbocycles. The number of benzene rings is 4. The third-order valence-electron chi connectivity index (χ3n) is 5.49. The maximum atomic E-state index is 12.7. The molecule has 0 fully saturated rings. The monoisotopic (exact) mass is 439 g/mol. The van der Waals surface area contributed by atoms with Crippen molar-refractivity contribution < 1.29 is 19.4 Å². The Balaban J connectivity index is 1.44. The van der Waals surface area contributed by atoms with E-state index in [4.69, 9.17) is 4.74 Å². The zero-order valence-corrected chi connectivity index (χ0v) is 18.3. The number of hydrogen-bond acceptors (Lipinski definition) is 3. The predicted octanol–water partition coefficient (Wildman–Crippen LogP) is 5.15. The second kappa shape index (κ2) is 10.0. The molecular weight excluding hydrogens is 414 g/mol. The van der Waals surface area contributed by atoms with E-state index in [1.54, 1.807) is 12.1 Å². The summed E-state index contributed by atoms with van der Waals surface area (Å²) >= 11 is 0. The van der Waals surface area contributed by atoms with Gasteiger partial charge < -0.3 is 15.2 Å². The molecule has 166 valence electrons. The molecule has 4 rings (SSSR count). The molecular formula is C28H25NO4. The third kappa shape index (κ3) is 5.77. The quantitative estimate of drug-likeness (QED) is 0.398. The molecule has 0 aliphatic rings. The van der Waals surface area contributed by atoms with Crippen LogP contribution in [0.5, 0.6) is 5.75 Å². The number of carboxylic acid groups (broad SMARTS) is 1. The largest absolute Gasteiger partial charge is 0.489 e. The summed E-state index contributed by atoms with van der Waals surface area (Å²) in [7, 11) is 0. The molecule has 0 spiro atoms. The number of carbonyl (C=O) groups is 2. The Bertz CT molecular complexity index is 1270. The number of carboxylic acids is 1. The lowest BCUT2D eigenvalue weighted by Crippen LogP contribution is -2.42. The summed E-state index contributed by atoms with van der Waals surface area (Å²) in [4.78, 5) is 24.4. The maximum Gasteiger partial charge on any atom is 0.326 e. The fourth-order valence-electron chi connectivity index (χ4n) is 3.60. The minimum absolute atomic E-state index is 0.219. The van der Waals surface area contributed by atoms with E-state index < -0.39 is 17.9 Å². The summed E-state index contributed by atoms with van der Waals surface area (Å²) in [6.07, 6.45) is 0.219. The van der Waals surface area contributed by atoms with Crippen LogP contribution in [0.1, 0.15) is 27.0 Å². The van der Waals surface area contributed by atoms with Crippen LogP contribution in [0, 0.1) is 6.92 Å². The number of hydrogen-bond donors (Lipinski definition) is 2. The van der Waals surface area contributed by atoms with Gasteiger partial charge in [0.15, 0.2) is 0 Å². The molecule has 0 saturated carbocycles. The van der Waals surface area contributed by atoms with Gasteiger partial charge in [0.2, 0.25) is 0 Å². The Labute approximate surface area is 192 Å². The second-order valence-electron chi connectivity index (χ2n) is 8.05. The number of amides is 1. The zero-order chi connectivity index (χ0) is 23.2. The first-order valence-electron chi connectivity index (χ1n) is 10.8. The first-order valence-corrected chi connectivity index (χ1v) is 10.8. The molecule has 1 unspecified atom stereocenters. The number of ether oxygens (including phenoxy) is 1. The Morgan fingerprint density at radius 1 is 0.848 bits per heavy atom. The molecule has 33 heavy (non-hydrogen) atoms. The average Bonchev–Trinajstić information content (AvgIpc) is 2.83. The minimum Gasteiger partial charge on any atom is -0.489 e. The Kier molecular flexibility index (Phi) is 6.69. The second-order valence-corrected chi connectivity index (χ2v) is 8.05. The van der Waals surface area contributed by atoms with Crippen LogP contribution in [0.25, 0.3) is 10.8 Å². The molecule has 0 radical (unpaired) electrons. The van der Waals surface area contributed by atoms with Crippen molar-refractivity contribution in [1.29, 1.82) is 0 Å². The first kappa shape index (κ1) is 22.1. The fraction of sp³-hybridized carbons (Fsp3) is 0.143. The SMILES string of the molecule is Cc1ccc(COc2ccc3cc(C(=O)NC(Cc4ccccc4)C(=O)O)ccc3c2)cc1. The molecule has 1 atom stereocenters. The normalized spacial score (nSPS) is 11.7. The van der Waals surface area contributed by atoms with E-state index in [0.29, 0.717) is 12.2 Å². The van der Waals surface area contributed by atoms with Gasteiger partial charge in [-0.25, -0.2) is 4.79 Å². The van der Waals surface area contributed by atoms with Crippen LogP contribution < -0.4 is 10.1 Å². The van der Waals surface area contributed by atoms with Gasteiger partial charge in [-0.3, -0.25) is 4.79 Å². The van der Waals surface area contributed by atoms with Crippen molar-refractivity contribution in [2.24, 2.45) is 0 Å². The lowest BCUT2D eigenvalue weighted by atomic mass is 10.0. The van der Waals surface area contributed by atoms with Crippen LogP contribution >= 0.6 is 0 Å². The topological polar surface area (TPSA) is 75.6 Å². The van der Waals surface area contributed by atoms with Crippen LogP contribution in [0.2, 0.25) is 0 Å². The van der Waals surface area contributed by atoms with Gasteiger partial charge in [0, 0.05) is 12.0 Å². The molecule has 0 aliphatic heterocycles. The Hall–Kier alpha value is -4.12. The number of aliphatic carboxylic acids is 1. The summed E-state index contributed by atoms with van der Waals surface area (Å²) in [5.74, 6) is -0.739. The highest BCUT2D eigenvalue weighted by Gasteiger charge is 2.21. The van der Waals surface area contributed by atoms with Crippen molar-refractivity contribution in [2.45, 2.75) is 26.0 Å². The van der Waals surface area contributed by atoms with Crippen molar-refractivity contribution in [1.82, 2.24) is 5.32 Å². The van der Waals surface area contributed by atoms with E-state index in [1.165, 1.54) is 5.56 Å². The van der Waals surface area contributed by atoms with Gasteiger partial charge in [-0.15, -0.1) is 0 Å². The molecule has 0 aromatic heterocycles. The fourth-order valence-corrected chi connectivity index (χ4v) is 3.60. The van der Waals surface area contributed by atoms with E-state index in [9.17, 15) is 14.7 Å². The smallest absolute Gasteiger partial charge is 0.326 e. The van der Waals surface area contributed by atoms with Crippen molar-refractivity contribution in [2.75, 3.05) is 0 Å². The van der Waals surface area contributed by atoms with Crippen LogP contribution in [-0.4, -0.2) is 23.0 Å². The lowest BCUT2D eigenvalue weighted by molar-refractivity contribution is -0.139. The van der Waals surface area contributed by atoms with Crippen LogP contribution in [-0.2, 0) is 17.8 Å². The highest BCUT2D eigenvalue weighted by molar-refractivity contribution is 6.00. The van der Waals surface area contributed by atoms with E-state index in [-0.39, 0.29) is 6.42 Å². The van der Waals surface area contributed by atoms with E-state index >= 15 is 0 Å². The van der Waals surface area contributed by atoms with Gasteiger partial charge in [-0.2, -0.15) is 0 Å². The van der Waals surface area contributed by atoms with E-state index in [1.807, 2.05) is 73.7 Å². The Morgan fingerprint density at radius 3 is 2.27 bits per heavy atom. The van der Waals surface area contributed by atoms with Gasteiger partial charge in [-0.05, 0) is 53.1 Å². The van der Waals surface area contributed by atoms with Gasteiger partial charge in [0.1, 0.15) is 18.4 Å². The zero-order valence-electron chi connectivity index (χ0n) is 18.3. The number of carbonyl (C=O) groups excluding carboxylic acids is 1. The van der Waals surface area contributed by atoms with Gasteiger partial charge in [0.05, 0.1) is 0 Å². The number of fused-ring (bicyclic) bond motifs is 1. The molecule has 0 heterocycles. The van der Waals surface area contributed by atoms with Gasteiger partial charge in [-0.1, -0.05) is 72.3 Å². The molecule has 4 aromatic rings.